The Balaban J connectivity index is 2.20. The second kappa shape index (κ2) is 6.94. The van der Waals surface area contributed by atoms with Gasteiger partial charge in [-0.25, -0.2) is 0 Å². The monoisotopic (exact) mass is 301 g/mol. The lowest BCUT2D eigenvalue weighted by Gasteiger charge is -2.30. The molecule has 116 valence electrons. The van der Waals surface area contributed by atoms with Crippen molar-refractivity contribution in [3.8, 4) is 6.07 Å². The zero-order valence-electron chi connectivity index (χ0n) is 12.6. The average molecular weight is 301 g/mol. The molecule has 6 heteroatoms. The Morgan fingerprint density at radius 3 is 2.91 bits per heavy atom. The molecule has 22 heavy (non-hydrogen) atoms. The molecule has 1 aliphatic rings. The summed E-state index contributed by atoms with van der Waals surface area (Å²) in [5, 5.41) is 17.5. The minimum Gasteiger partial charge on any atom is -0.480 e. The third-order valence-electron chi connectivity index (χ3n) is 3.75. The Morgan fingerprint density at radius 1 is 1.45 bits per heavy atom. The fraction of sp³-hybridized carbons (Fsp3) is 0.438. The number of carbonyl (C=O) groups excluding carboxylic acids is 1. The second-order valence-corrected chi connectivity index (χ2v) is 5.37. The molecule has 6 nitrogen and oxygen atoms in total. The predicted octanol–water partition coefficient (Wildman–Crippen LogP) is 1.79. The van der Waals surface area contributed by atoms with Gasteiger partial charge in [-0.15, -0.1) is 0 Å². The van der Waals surface area contributed by atoms with Gasteiger partial charge in [-0.1, -0.05) is 0 Å². The fourth-order valence-electron chi connectivity index (χ4n) is 2.64. The number of hydrogen-bond donors (Lipinski definition) is 1. The van der Waals surface area contributed by atoms with E-state index in [1.807, 2.05) is 18.2 Å². The smallest absolute Gasteiger partial charge is 0.323 e. The van der Waals surface area contributed by atoms with E-state index in [0.717, 1.165) is 16.9 Å². The molecule has 0 saturated heterocycles. The van der Waals surface area contributed by atoms with Crippen LogP contribution in [0.15, 0.2) is 18.2 Å². The van der Waals surface area contributed by atoms with Crippen LogP contribution in [-0.4, -0.2) is 37.1 Å². The standard InChI is InChI=1S/C16H19N3O3/c1-18(11-16(21)22)13-5-6-14-12(10-13)4-7-15(20)19(14)9-3-2-8-17/h5-6,10H,2-4,7,9,11H2,1H3,(H,21,22). The lowest BCUT2D eigenvalue weighted by molar-refractivity contribution is -0.135. The first-order valence-electron chi connectivity index (χ1n) is 7.26. The van der Waals surface area contributed by atoms with Gasteiger partial charge in [0.05, 0.1) is 6.07 Å². The number of likely N-dealkylation sites (N-methyl/N-ethyl adjacent to an activating group) is 1. The van der Waals surface area contributed by atoms with Crippen molar-refractivity contribution in [3.05, 3.63) is 23.8 Å². The van der Waals surface area contributed by atoms with Crippen molar-refractivity contribution in [1.82, 2.24) is 0 Å². The van der Waals surface area contributed by atoms with Gasteiger partial charge in [0.2, 0.25) is 5.91 Å². The first-order chi connectivity index (χ1) is 10.5. The van der Waals surface area contributed by atoms with E-state index < -0.39 is 5.97 Å². The molecule has 2 rings (SSSR count). The first-order valence-corrected chi connectivity index (χ1v) is 7.26. The van der Waals surface area contributed by atoms with Crippen LogP contribution in [0.25, 0.3) is 0 Å². The van der Waals surface area contributed by atoms with E-state index in [4.69, 9.17) is 10.4 Å². The second-order valence-electron chi connectivity index (χ2n) is 5.37. The minimum absolute atomic E-state index is 0.0659. The predicted molar refractivity (Wildman–Crippen MR) is 82.9 cm³/mol. The third-order valence-corrected chi connectivity index (χ3v) is 3.75. The molecule has 1 aromatic carbocycles. The van der Waals surface area contributed by atoms with Crippen molar-refractivity contribution in [2.24, 2.45) is 0 Å². The maximum atomic E-state index is 12.1. The van der Waals surface area contributed by atoms with Crippen LogP contribution in [0.3, 0.4) is 0 Å². The molecule has 0 atom stereocenters. The molecule has 0 unspecified atom stereocenters. The summed E-state index contributed by atoms with van der Waals surface area (Å²) < 4.78 is 0. The summed E-state index contributed by atoms with van der Waals surface area (Å²) in [4.78, 5) is 26.3. The highest BCUT2D eigenvalue weighted by molar-refractivity contribution is 5.96. The van der Waals surface area contributed by atoms with Gasteiger partial charge >= 0.3 is 5.97 Å². The van der Waals surface area contributed by atoms with E-state index >= 15 is 0 Å². The Morgan fingerprint density at radius 2 is 2.23 bits per heavy atom. The number of nitriles is 1. The SMILES string of the molecule is CN(CC(=O)O)c1ccc2c(c1)CCC(=O)N2CCCC#N. The number of rotatable bonds is 6. The van der Waals surface area contributed by atoms with Crippen molar-refractivity contribution >= 4 is 23.3 Å². The van der Waals surface area contributed by atoms with E-state index in [1.54, 1.807) is 16.8 Å². The highest BCUT2D eigenvalue weighted by Crippen LogP contribution is 2.31. The summed E-state index contributed by atoms with van der Waals surface area (Å²) in [6.45, 7) is 0.479. The number of fused-ring (bicyclic) bond motifs is 1. The normalized spacial score (nSPS) is 13.5. The number of unbranched alkanes of at least 4 members (excludes halogenated alkanes) is 1. The molecular formula is C16H19N3O3. The largest absolute Gasteiger partial charge is 0.480 e. The molecule has 0 aliphatic carbocycles. The van der Waals surface area contributed by atoms with Gasteiger partial charge in [0.1, 0.15) is 6.54 Å². The van der Waals surface area contributed by atoms with Crippen LogP contribution in [0.5, 0.6) is 0 Å². The van der Waals surface area contributed by atoms with Gasteiger partial charge in [-0.2, -0.15) is 5.26 Å². The van der Waals surface area contributed by atoms with Gasteiger partial charge in [0, 0.05) is 37.8 Å². The van der Waals surface area contributed by atoms with E-state index in [-0.39, 0.29) is 12.5 Å². The molecule has 0 aromatic heterocycles. The van der Waals surface area contributed by atoms with Crippen LogP contribution < -0.4 is 9.80 Å². The summed E-state index contributed by atoms with van der Waals surface area (Å²) in [6.07, 6.45) is 2.20. The number of carboxylic acids is 1. The molecule has 0 bridgehead atoms. The Kier molecular flexibility index (Phi) is 4.99. The fourth-order valence-corrected chi connectivity index (χ4v) is 2.64. The summed E-state index contributed by atoms with van der Waals surface area (Å²) in [7, 11) is 1.73. The van der Waals surface area contributed by atoms with Crippen LogP contribution in [-0.2, 0) is 16.0 Å². The summed E-state index contributed by atoms with van der Waals surface area (Å²) in [5.41, 5.74) is 2.75. The number of carbonyl (C=O) groups is 2. The van der Waals surface area contributed by atoms with E-state index in [1.165, 1.54) is 0 Å². The van der Waals surface area contributed by atoms with Crippen molar-refractivity contribution < 1.29 is 14.7 Å². The average Bonchev–Trinajstić information content (AvgIpc) is 2.48. The third kappa shape index (κ3) is 3.55. The number of anilines is 2. The van der Waals surface area contributed by atoms with Crippen LogP contribution in [0.4, 0.5) is 11.4 Å². The molecule has 0 fully saturated rings. The number of aliphatic carboxylic acids is 1. The molecule has 1 N–H and O–H groups in total. The topological polar surface area (TPSA) is 84.6 Å². The lowest BCUT2D eigenvalue weighted by Crippen LogP contribution is -2.36. The summed E-state index contributed by atoms with van der Waals surface area (Å²) in [5.74, 6) is -0.800. The quantitative estimate of drug-likeness (QED) is 0.810. The van der Waals surface area contributed by atoms with Crippen LogP contribution >= 0.6 is 0 Å². The van der Waals surface area contributed by atoms with Gasteiger partial charge in [-0.05, 0) is 36.6 Å². The van der Waals surface area contributed by atoms with Gasteiger partial charge in [0.15, 0.2) is 0 Å². The van der Waals surface area contributed by atoms with Crippen molar-refractivity contribution in [1.29, 1.82) is 5.26 Å². The lowest BCUT2D eigenvalue weighted by atomic mass is 9.99. The molecule has 0 saturated carbocycles. The molecule has 1 amide bonds. The van der Waals surface area contributed by atoms with Gasteiger partial charge in [-0.3, -0.25) is 9.59 Å². The Hall–Kier alpha value is -2.55. The van der Waals surface area contributed by atoms with E-state index in [0.29, 0.717) is 32.2 Å². The highest BCUT2D eigenvalue weighted by Gasteiger charge is 2.24. The first kappa shape index (κ1) is 15.8. The van der Waals surface area contributed by atoms with Gasteiger partial charge in [0.25, 0.3) is 0 Å². The molecule has 0 radical (unpaired) electrons. The van der Waals surface area contributed by atoms with E-state index in [9.17, 15) is 9.59 Å². The molecule has 1 aromatic rings. The maximum absolute atomic E-state index is 12.1. The number of aryl methyl sites for hydroxylation is 1. The zero-order chi connectivity index (χ0) is 16.1. The minimum atomic E-state index is -0.881. The highest BCUT2D eigenvalue weighted by atomic mass is 16.4. The molecule has 1 heterocycles. The molecule has 1 aliphatic heterocycles. The Labute approximate surface area is 129 Å². The summed E-state index contributed by atoms with van der Waals surface area (Å²) >= 11 is 0. The van der Waals surface area contributed by atoms with Crippen LogP contribution in [0, 0.1) is 11.3 Å². The van der Waals surface area contributed by atoms with E-state index in [2.05, 4.69) is 6.07 Å². The Bertz CT molecular complexity index is 622. The summed E-state index contributed by atoms with van der Waals surface area (Å²) in [6, 6.07) is 7.73. The number of carboxylic acid groups (broad SMARTS) is 1. The maximum Gasteiger partial charge on any atom is 0.323 e. The van der Waals surface area contributed by atoms with Crippen molar-refractivity contribution in [2.45, 2.75) is 25.7 Å². The zero-order valence-corrected chi connectivity index (χ0v) is 12.6. The van der Waals surface area contributed by atoms with Crippen LogP contribution in [0.2, 0.25) is 0 Å². The van der Waals surface area contributed by atoms with Crippen molar-refractivity contribution in [3.63, 3.8) is 0 Å². The molecular weight excluding hydrogens is 282 g/mol. The van der Waals surface area contributed by atoms with Crippen molar-refractivity contribution in [2.75, 3.05) is 29.9 Å². The number of amides is 1. The number of benzene rings is 1. The number of nitrogens with zero attached hydrogens (tertiary/aromatic N) is 3. The number of hydrogen-bond acceptors (Lipinski definition) is 4. The van der Waals surface area contributed by atoms with Gasteiger partial charge < -0.3 is 14.9 Å². The molecule has 0 spiro atoms. The van der Waals surface area contributed by atoms with Crippen LogP contribution in [0.1, 0.15) is 24.8 Å².